The van der Waals surface area contributed by atoms with Gasteiger partial charge in [0.1, 0.15) is 11.5 Å². The van der Waals surface area contributed by atoms with Crippen LogP contribution in [0.3, 0.4) is 0 Å². The molecule has 3 rings (SSSR count). The number of aliphatic hydroxyl groups is 1. The van der Waals surface area contributed by atoms with E-state index in [1.807, 2.05) is 36.4 Å². The zero-order valence-electron chi connectivity index (χ0n) is 12.5. The van der Waals surface area contributed by atoms with Crippen molar-refractivity contribution < 1.29 is 9.52 Å². The Hall–Kier alpha value is -1.88. The Kier molecular flexibility index (Phi) is 4.73. The molecule has 0 saturated carbocycles. The van der Waals surface area contributed by atoms with Crippen LogP contribution >= 0.6 is 11.3 Å². The Morgan fingerprint density at radius 3 is 2.59 bits per heavy atom. The maximum atomic E-state index is 9.53. The quantitative estimate of drug-likeness (QED) is 0.711. The lowest BCUT2D eigenvalue weighted by Gasteiger charge is -2.05. The van der Waals surface area contributed by atoms with Crippen molar-refractivity contribution in [2.24, 2.45) is 0 Å². The minimum Gasteiger partial charge on any atom is -0.460 e. The van der Waals surface area contributed by atoms with Gasteiger partial charge < -0.3 is 14.8 Å². The van der Waals surface area contributed by atoms with Gasteiger partial charge in [0.15, 0.2) is 0 Å². The molecule has 0 bridgehead atoms. The molecule has 0 fully saturated rings. The molecule has 3 nitrogen and oxygen atoms in total. The summed E-state index contributed by atoms with van der Waals surface area (Å²) in [5.74, 6) is 1.77. The molecule has 4 heteroatoms. The van der Waals surface area contributed by atoms with Crippen molar-refractivity contribution in [1.29, 1.82) is 0 Å². The van der Waals surface area contributed by atoms with Crippen molar-refractivity contribution in [2.75, 3.05) is 0 Å². The molecule has 3 aromatic rings. The Morgan fingerprint density at radius 1 is 1.09 bits per heavy atom. The van der Waals surface area contributed by atoms with E-state index in [0.29, 0.717) is 6.54 Å². The average Bonchev–Trinajstić information content (AvgIpc) is 3.19. The number of furan rings is 1. The number of benzene rings is 1. The van der Waals surface area contributed by atoms with Gasteiger partial charge in [-0.3, -0.25) is 0 Å². The SMILES string of the molecule is C[C@@H](O)c1ccc(-c2ccc(CNCc3cccs3)o2)cc1. The minimum absolute atomic E-state index is 0.442. The van der Waals surface area contributed by atoms with Crippen molar-refractivity contribution in [3.8, 4) is 11.3 Å². The first-order valence-corrected chi connectivity index (χ1v) is 8.20. The van der Waals surface area contributed by atoms with Crippen molar-refractivity contribution in [3.05, 3.63) is 70.1 Å². The molecular weight excluding hydrogens is 294 g/mol. The van der Waals surface area contributed by atoms with Crippen molar-refractivity contribution in [1.82, 2.24) is 5.32 Å². The Labute approximate surface area is 134 Å². The van der Waals surface area contributed by atoms with E-state index in [2.05, 4.69) is 22.8 Å². The van der Waals surface area contributed by atoms with E-state index in [0.717, 1.165) is 29.2 Å². The van der Waals surface area contributed by atoms with E-state index < -0.39 is 6.10 Å². The second-order valence-corrected chi connectivity index (χ2v) is 6.28. The third kappa shape index (κ3) is 3.65. The molecule has 0 aliphatic heterocycles. The Balaban J connectivity index is 1.60. The molecule has 0 aliphatic rings. The number of hydrogen-bond acceptors (Lipinski definition) is 4. The van der Waals surface area contributed by atoms with E-state index in [1.54, 1.807) is 18.3 Å². The van der Waals surface area contributed by atoms with Crippen LogP contribution < -0.4 is 5.32 Å². The lowest BCUT2D eigenvalue weighted by atomic mass is 10.1. The average molecular weight is 313 g/mol. The molecule has 0 amide bonds. The van der Waals surface area contributed by atoms with E-state index in [4.69, 9.17) is 4.42 Å². The fourth-order valence-electron chi connectivity index (χ4n) is 2.28. The number of hydrogen-bond donors (Lipinski definition) is 2. The van der Waals surface area contributed by atoms with Crippen LogP contribution in [-0.2, 0) is 13.1 Å². The molecule has 2 N–H and O–H groups in total. The maximum absolute atomic E-state index is 9.53. The second kappa shape index (κ2) is 6.92. The topological polar surface area (TPSA) is 45.4 Å². The third-order valence-electron chi connectivity index (χ3n) is 3.52. The molecule has 0 aliphatic carbocycles. The van der Waals surface area contributed by atoms with Crippen LogP contribution in [0.1, 0.15) is 29.2 Å². The summed E-state index contributed by atoms with van der Waals surface area (Å²) in [6.07, 6.45) is -0.442. The van der Waals surface area contributed by atoms with Gasteiger partial charge in [0, 0.05) is 17.0 Å². The molecule has 0 spiro atoms. The van der Waals surface area contributed by atoms with Crippen LogP contribution in [0.4, 0.5) is 0 Å². The molecule has 0 radical (unpaired) electrons. The van der Waals surface area contributed by atoms with Gasteiger partial charge in [0.25, 0.3) is 0 Å². The predicted molar refractivity (Wildman–Crippen MR) is 89.6 cm³/mol. The van der Waals surface area contributed by atoms with E-state index in [9.17, 15) is 5.11 Å². The largest absolute Gasteiger partial charge is 0.460 e. The van der Waals surface area contributed by atoms with Gasteiger partial charge in [-0.1, -0.05) is 30.3 Å². The Bertz CT molecular complexity index is 699. The summed E-state index contributed by atoms with van der Waals surface area (Å²) in [5, 5.41) is 15.0. The summed E-state index contributed by atoms with van der Waals surface area (Å²) in [6, 6.07) is 16.0. The number of rotatable bonds is 6. The Morgan fingerprint density at radius 2 is 1.91 bits per heavy atom. The van der Waals surface area contributed by atoms with Crippen LogP contribution in [0.2, 0.25) is 0 Å². The van der Waals surface area contributed by atoms with Crippen LogP contribution in [-0.4, -0.2) is 5.11 Å². The zero-order valence-corrected chi connectivity index (χ0v) is 13.3. The zero-order chi connectivity index (χ0) is 15.4. The summed E-state index contributed by atoms with van der Waals surface area (Å²) in [6.45, 7) is 3.33. The van der Waals surface area contributed by atoms with Crippen LogP contribution in [0, 0.1) is 0 Å². The summed E-state index contributed by atoms with van der Waals surface area (Å²) in [5.41, 5.74) is 1.93. The first kappa shape index (κ1) is 15.0. The summed E-state index contributed by atoms with van der Waals surface area (Å²) >= 11 is 1.75. The second-order valence-electron chi connectivity index (χ2n) is 5.25. The first-order valence-electron chi connectivity index (χ1n) is 7.32. The highest BCUT2D eigenvalue weighted by Crippen LogP contribution is 2.24. The van der Waals surface area contributed by atoms with Crippen molar-refractivity contribution in [2.45, 2.75) is 26.1 Å². The van der Waals surface area contributed by atoms with Crippen LogP contribution in [0.25, 0.3) is 11.3 Å². The van der Waals surface area contributed by atoms with Gasteiger partial charge in [-0.05, 0) is 36.1 Å². The van der Waals surface area contributed by atoms with Crippen molar-refractivity contribution in [3.63, 3.8) is 0 Å². The van der Waals surface area contributed by atoms with Gasteiger partial charge in [0.2, 0.25) is 0 Å². The molecule has 1 atom stereocenters. The molecule has 0 saturated heterocycles. The number of thiophene rings is 1. The lowest BCUT2D eigenvalue weighted by Crippen LogP contribution is -2.10. The standard InChI is InChI=1S/C18H19NO2S/c1-13(20)14-4-6-15(7-5-14)18-9-8-16(21-18)11-19-12-17-3-2-10-22-17/h2-10,13,19-20H,11-12H2,1H3/t13-/m1/s1. The fourth-order valence-corrected chi connectivity index (χ4v) is 2.95. The van der Waals surface area contributed by atoms with Gasteiger partial charge >= 0.3 is 0 Å². The monoisotopic (exact) mass is 313 g/mol. The molecule has 0 unspecified atom stereocenters. The molecular formula is C18H19NO2S. The van der Waals surface area contributed by atoms with Crippen LogP contribution in [0.15, 0.2) is 58.3 Å². The van der Waals surface area contributed by atoms with Gasteiger partial charge in [-0.15, -0.1) is 11.3 Å². The van der Waals surface area contributed by atoms with Gasteiger partial charge in [-0.2, -0.15) is 0 Å². The molecule has 2 heterocycles. The number of nitrogens with one attached hydrogen (secondary N) is 1. The normalized spacial score (nSPS) is 12.5. The van der Waals surface area contributed by atoms with Gasteiger partial charge in [-0.25, -0.2) is 0 Å². The lowest BCUT2D eigenvalue weighted by molar-refractivity contribution is 0.199. The number of aliphatic hydroxyl groups excluding tert-OH is 1. The van der Waals surface area contributed by atoms with E-state index in [1.165, 1.54) is 4.88 Å². The molecule has 2 aromatic heterocycles. The van der Waals surface area contributed by atoms with Crippen LogP contribution in [0.5, 0.6) is 0 Å². The fraction of sp³-hybridized carbons (Fsp3) is 0.222. The maximum Gasteiger partial charge on any atom is 0.134 e. The predicted octanol–water partition coefficient (Wildman–Crippen LogP) is 4.35. The highest BCUT2D eigenvalue weighted by Gasteiger charge is 2.06. The molecule has 1 aromatic carbocycles. The smallest absolute Gasteiger partial charge is 0.134 e. The highest BCUT2D eigenvalue weighted by atomic mass is 32.1. The molecule has 22 heavy (non-hydrogen) atoms. The van der Waals surface area contributed by atoms with E-state index in [-0.39, 0.29) is 0 Å². The highest BCUT2D eigenvalue weighted by molar-refractivity contribution is 7.09. The van der Waals surface area contributed by atoms with Crippen molar-refractivity contribution >= 4 is 11.3 Å². The molecule has 114 valence electrons. The van der Waals surface area contributed by atoms with Gasteiger partial charge in [0.05, 0.1) is 12.6 Å². The van der Waals surface area contributed by atoms with E-state index >= 15 is 0 Å². The minimum atomic E-state index is -0.442. The first-order chi connectivity index (χ1) is 10.7. The summed E-state index contributed by atoms with van der Waals surface area (Å²) in [7, 11) is 0. The summed E-state index contributed by atoms with van der Waals surface area (Å²) in [4.78, 5) is 1.32. The third-order valence-corrected chi connectivity index (χ3v) is 4.39. The summed E-state index contributed by atoms with van der Waals surface area (Å²) < 4.78 is 5.87.